The third-order valence-electron chi connectivity index (χ3n) is 3.70. The molecule has 20 heavy (non-hydrogen) atoms. The molecule has 1 aliphatic rings. The molecule has 0 bridgehead atoms. The summed E-state index contributed by atoms with van der Waals surface area (Å²) in [6, 6.07) is 4.53. The zero-order valence-corrected chi connectivity index (χ0v) is 13.1. The molecule has 0 saturated carbocycles. The molecule has 112 valence electrons. The van der Waals surface area contributed by atoms with Gasteiger partial charge in [0.25, 0.3) is 0 Å². The van der Waals surface area contributed by atoms with Gasteiger partial charge in [-0.25, -0.2) is 4.98 Å². The van der Waals surface area contributed by atoms with Gasteiger partial charge < -0.3 is 15.0 Å². The van der Waals surface area contributed by atoms with E-state index in [0.29, 0.717) is 6.04 Å². The number of nitrogens with one attached hydrogen (secondary N) is 1. The predicted octanol–water partition coefficient (Wildman–Crippen LogP) is 2.76. The monoisotopic (exact) mass is 277 g/mol. The summed E-state index contributed by atoms with van der Waals surface area (Å²) in [6.45, 7) is 11.5. The van der Waals surface area contributed by atoms with Crippen LogP contribution < -0.4 is 10.2 Å². The van der Waals surface area contributed by atoms with Crippen LogP contribution in [0.2, 0.25) is 0 Å². The summed E-state index contributed by atoms with van der Waals surface area (Å²) in [5, 5.41) is 3.55. The molecule has 0 aliphatic carbocycles. The second kappa shape index (κ2) is 7.04. The highest BCUT2D eigenvalue weighted by Crippen LogP contribution is 2.26. The molecule has 1 N–H and O–H groups in total. The topological polar surface area (TPSA) is 37.4 Å². The second-order valence-electron chi connectivity index (χ2n) is 5.75. The first-order valence-corrected chi connectivity index (χ1v) is 7.70. The highest BCUT2D eigenvalue weighted by Gasteiger charge is 2.25. The first kappa shape index (κ1) is 15.3. The number of hydrogen-bond donors (Lipinski definition) is 1. The van der Waals surface area contributed by atoms with Crippen molar-refractivity contribution in [3.63, 3.8) is 0 Å². The molecule has 4 nitrogen and oxygen atoms in total. The molecular weight excluding hydrogens is 250 g/mol. The molecule has 1 saturated heterocycles. The molecule has 0 spiro atoms. The number of morpholine rings is 1. The van der Waals surface area contributed by atoms with Crippen LogP contribution in [0.3, 0.4) is 0 Å². The van der Waals surface area contributed by atoms with Crippen molar-refractivity contribution in [2.24, 2.45) is 0 Å². The van der Waals surface area contributed by atoms with Gasteiger partial charge in [0, 0.05) is 30.9 Å². The first-order valence-electron chi connectivity index (χ1n) is 7.70. The highest BCUT2D eigenvalue weighted by molar-refractivity contribution is 5.49. The molecule has 3 atom stereocenters. The van der Waals surface area contributed by atoms with Crippen LogP contribution in [0.1, 0.15) is 45.7 Å². The molecule has 3 unspecified atom stereocenters. The molecule has 1 fully saturated rings. The number of ether oxygens (including phenoxy) is 1. The van der Waals surface area contributed by atoms with Crippen molar-refractivity contribution in [2.75, 3.05) is 24.5 Å². The summed E-state index contributed by atoms with van der Waals surface area (Å²) in [6.07, 6.45) is 3.54. The van der Waals surface area contributed by atoms with Crippen LogP contribution in [0.4, 0.5) is 5.82 Å². The fourth-order valence-corrected chi connectivity index (χ4v) is 2.83. The van der Waals surface area contributed by atoms with Gasteiger partial charge in [-0.3, -0.25) is 0 Å². The van der Waals surface area contributed by atoms with Crippen molar-refractivity contribution < 1.29 is 4.74 Å². The van der Waals surface area contributed by atoms with Gasteiger partial charge in [-0.2, -0.15) is 0 Å². The fraction of sp³-hybridized carbons (Fsp3) is 0.688. The Hall–Kier alpha value is -1.13. The van der Waals surface area contributed by atoms with E-state index in [1.165, 1.54) is 5.56 Å². The van der Waals surface area contributed by atoms with Gasteiger partial charge in [-0.05, 0) is 39.8 Å². The minimum absolute atomic E-state index is 0.257. The minimum Gasteiger partial charge on any atom is -0.372 e. The third kappa shape index (κ3) is 3.70. The van der Waals surface area contributed by atoms with Crippen molar-refractivity contribution in [1.29, 1.82) is 0 Å². The quantitative estimate of drug-likeness (QED) is 0.898. The van der Waals surface area contributed by atoms with Crippen molar-refractivity contribution in [2.45, 2.75) is 52.4 Å². The van der Waals surface area contributed by atoms with E-state index in [-0.39, 0.29) is 12.2 Å². The number of aromatic nitrogens is 1. The van der Waals surface area contributed by atoms with E-state index in [4.69, 9.17) is 4.74 Å². The van der Waals surface area contributed by atoms with Crippen molar-refractivity contribution in [3.8, 4) is 0 Å². The maximum Gasteiger partial charge on any atom is 0.133 e. The number of nitrogens with zero attached hydrogens (tertiary/aromatic N) is 2. The summed E-state index contributed by atoms with van der Waals surface area (Å²) >= 11 is 0. The van der Waals surface area contributed by atoms with Gasteiger partial charge in [0.15, 0.2) is 0 Å². The number of hydrogen-bond acceptors (Lipinski definition) is 4. The van der Waals surface area contributed by atoms with Gasteiger partial charge >= 0.3 is 0 Å². The van der Waals surface area contributed by atoms with Crippen LogP contribution >= 0.6 is 0 Å². The Morgan fingerprint density at radius 3 is 2.75 bits per heavy atom. The van der Waals surface area contributed by atoms with E-state index in [1.54, 1.807) is 0 Å². The maximum atomic E-state index is 5.82. The summed E-state index contributed by atoms with van der Waals surface area (Å²) < 4.78 is 5.82. The molecular formula is C16H27N3O. The lowest BCUT2D eigenvalue weighted by molar-refractivity contribution is -0.00553. The Morgan fingerprint density at radius 1 is 1.40 bits per heavy atom. The number of rotatable bonds is 5. The number of pyridine rings is 1. The van der Waals surface area contributed by atoms with Gasteiger partial charge in [0.2, 0.25) is 0 Å². The van der Waals surface area contributed by atoms with Crippen LogP contribution in [0.5, 0.6) is 0 Å². The van der Waals surface area contributed by atoms with Crippen LogP contribution in [-0.2, 0) is 4.74 Å². The van der Waals surface area contributed by atoms with Gasteiger partial charge in [-0.15, -0.1) is 0 Å². The van der Waals surface area contributed by atoms with E-state index in [1.807, 2.05) is 12.3 Å². The summed E-state index contributed by atoms with van der Waals surface area (Å²) in [5.41, 5.74) is 1.28. The van der Waals surface area contributed by atoms with Crippen LogP contribution in [0.25, 0.3) is 0 Å². The van der Waals surface area contributed by atoms with Crippen molar-refractivity contribution in [3.05, 3.63) is 23.9 Å². The molecule has 1 aromatic heterocycles. The molecule has 0 aromatic carbocycles. The van der Waals surface area contributed by atoms with Crippen LogP contribution in [0, 0.1) is 0 Å². The Kier molecular flexibility index (Phi) is 5.38. The normalized spacial score (nSPS) is 24.7. The largest absolute Gasteiger partial charge is 0.372 e. The van der Waals surface area contributed by atoms with Crippen molar-refractivity contribution >= 4 is 5.82 Å². The van der Waals surface area contributed by atoms with Crippen LogP contribution in [-0.4, -0.2) is 36.8 Å². The Morgan fingerprint density at radius 2 is 2.10 bits per heavy atom. The van der Waals surface area contributed by atoms with Gasteiger partial charge in [0.05, 0.1) is 12.2 Å². The maximum absolute atomic E-state index is 5.82. The molecule has 4 heteroatoms. The number of anilines is 1. The molecule has 2 rings (SSSR count). The van der Waals surface area contributed by atoms with E-state index in [2.05, 4.69) is 49.0 Å². The molecule has 1 aromatic rings. The summed E-state index contributed by atoms with van der Waals surface area (Å²) in [5.74, 6) is 1.10. The summed E-state index contributed by atoms with van der Waals surface area (Å²) in [4.78, 5) is 6.99. The summed E-state index contributed by atoms with van der Waals surface area (Å²) in [7, 11) is 0. The van der Waals surface area contributed by atoms with Crippen LogP contribution in [0.15, 0.2) is 18.3 Å². The third-order valence-corrected chi connectivity index (χ3v) is 3.70. The lowest BCUT2D eigenvalue weighted by Gasteiger charge is -2.37. The lowest BCUT2D eigenvalue weighted by Crippen LogP contribution is -2.46. The minimum atomic E-state index is 0.257. The molecule has 0 radical (unpaired) electrons. The fourth-order valence-electron chi connectivity index (χ4n) is 2.83. The smallest absolute Gasteiger partial charge is 0.133 e. The van der Waals surface area contributed by atoms with Gasteiger partial charge in [-0.1, -0.05) is 13.0 Å². The lowest BCUT2D eigenvalue weighted by atomic mass is 10.1. The predicted molar refractivity (Wildman–Crippen MR) is 83.2 cm³/mol. The standard InChI is InChI=1S/C16H27N3O/c1-5-8-17-14(4)15-7-6-9-18-16(15)19-10-12(2)20-13(3)11-19/h6-7,9,12-14,17H,5,8,10-11H2,1-4H3. The van der Waals surface area contributed by atoms with E-state index in [0.717, 1.165) is 31.9 Å². The zero-order chi connectivity index (χ0) is 14.5. The highest BCUT2D eigenvalue weighted by atomic mass is 16.5. The van der Waals surface area contributed by atoms with Crippen molar-refractivity contribution in [1.82, 2.24) is 10.3 Å². The van der Waals surface area contributed by atoms with E-state index in [9.17, 15) is 0 Å². The first-order chi connectivity index (χ1) is 9.61. The Balaban J connectivity index is 2.18. The molecule has 2 heterocycles. The second-order valence-corrected chi connectivity index (χ2v) is 5.75. The molecule has 0 amide bonds. The van der Waals surface area contributed by atoms with Gasteiger partial charge in [0.1, 0.15) is 5.82 Å². The van der Waals surface area contributed by atoms with E-state index >= 15 is 0 Å². The average Bonchev–Trinajstić information content (AvgIpc) is 2.43. The molecule has 1 aliphatic heterocycles. The average molecular weight is 277 g/mol. The van der Waals surface area contributed by atoms with E-state index < -0.39 is 0 Å². The zero-order valence-electron chi connectivity index (χ0n) is 13.1. The Labute approximate surface area is 122 Å². The Bertz CT molecular complexity index is 414. The SMILES string of the molecule is CCCNC(C)c1cccnc1N1CC(C)OC(C)C1.